The Bertz CT molecular complexity index is 1000. The lowest BCUT2D eigenvalue weighted by Gasteiger charge is -2.44. The number of thioether (sulfide) groups is 1. The number of aliphatic imine (C=N–C) groups is 1. The minimum atomic E-state index is -0.280. The molecule has 0 unspecified atom stereocenters. The van der Waals surface area contributed by atoms with Crippen LogP contribution < -0.4 is 0 Å². The topological polar surface area (TPSA) is 32.7 Å². The molecule has 2 heterocycles. The number of rotatable bonds is 2. The number of carbonyl (C=O) groups excluding carboxylic acids is 1. The van der Waals surface area contributed by atoms with Crippen molar-refractivity contribution in [2.75, 3.05) is 5.75 Å². The average molecular weight is 410 g/mol. The van der Waals surface area contributed by atoms with E-state index >= 15 is 0 Å². The molecule has 0 bridgehead atoms. The van der Waals surface area contributed by atoms with Gasteiger partial charge < -0.3 is 0 Å². The fourth-order valence-corrected chi connectivity index (χ4v) is 5.61. The van der Waals surface area contributed by atoms with Crippen LogP contribution in [0, 0.1) is 17.6 Å². The van der Waals surface area contributed by atoms with Gasteiger partial charge in [0.15, 0.2) is 5.17 Å². The largest absolute Gasteiger partial charge is 0.283 e. The molecule has 2 aromatic carbocycles. The quantitative estimate of drug-likeness (QED) is 0.681. The maximum atomic E-state index is 13.5. The van der Waals surface area contributed by atoms with Crippen molar-refractivity contribution in [3.8, 4) is 0 Å². The Morgan fingerprint density at radius 2 is 1.72 bits per heavy atom. The van der Waals surface area contributed by atoms with Crippen molar-refractivity contribution in [2.45, 2.75) is 31.3 Å². The summed E-state index contributed by atoms with van der Waals surface area (Å²) >= 11 is 1.48. The van der Waals surface area contributed by atoms with E-state index in [2.05, 4.69) is 6.08 Å². The fraction of sp³-hybridized carbons (Fsp3) is 0.304. The SMILES string of the molecule is O=C1CSC2=N[C@@H]3/C(=C\c4ccc(F)cc4)CCC[C@H]3[C@H](c3ccc(F)cc3)N12. The van der Waals surface area contributed by atoms with Gasteiger partial charge in [0.1, 0.15) is 11.6 Å². The number of halogens is 2. The maximum Gasteiger partial charge on any atom is 0.239 e. The van der Waals surface area contributed by atoms with Gasteiger partial charge in [0.25, 0.3) is 0 Å². The van der Waals surface area contributed by atoms with E-state index in [0.29, 0.717) is 5.75 Å². The van der Waals surface area contributed by atoms with Gasteiger partial charge in [-0.25, -0.2) is 8.78 Å². The van der Waals surface area contributed by atoms with Gasteiger partial charge in [-0.05, 0) is 60.2 Å². The Labute approximate surface area is 172 Å². The molecule has 0 aromatic heterocycles. The van der Waals surface area contributed by atoms with Crippen LogP contribution in [0.1, 0.15) is 36.4 Å². The van der Waals surface area contributed by atoms with Crippen LogP contribution in [0.15, 0.2) is 59.1 Å². The van der Waals surface area contributed by atoms with Gasteiger partial charge in [0.05, 0.1) is 17.8 Å². The number of amidine groups is 1. The third kappa shape index (κ3) is 3.39. The molecule has 3 atom stereocenters. The highest BCUT2D eigenvalue weighted by Crippen LogP contribution is 2.48. The van der Waals surface area contributed by atoms with E-state index in [1.165, 1.54) is 41.6 Å². The summed E-state index contributed by atoms with van der Waals surface area (Å²) in [6.07, 6.45) is 5.01. The minimum absolute atomic E-state index is 0.0199. The van der Waals surface area contributed by atoms with Gasteiger partial charge in [-0.2, -0.15) is 0 Å². The summed E-state index contributed by atoms with van der Waals surface area (Å²) in [5, 5.41) is 0.762. The Hall–Kier alpha value is -2.47. The number of nitrogens with zero attached hydrogens (tertiary/aromatic N) is 2. The second-order valence-corrected chi connectivity index (χ2v) is 8.67. The third-order valence-corrected chi connectivity index (χ3v) is 6.91. The number of benzene rings is 2. The second kappa shape index (κ2) is 7.41. The standard InChI is InChI=1S/C23H20F2N2OS/c24-17-8-4-14(5-9-17)12-16-2-1-3-19-21(16)26-23-27(20(28)13-29-23)22(19)15-6-10-18(25)11-7-15/h4-12,19,21-22H,1-3,13H2/b16-12-/t19-,21-,22+/m1/s1. The predicted molar refractivity (Wildman–Crippen MR) is 111 cm³/mol. The number of amides is 1. The molecular formula is C23H20F2N2OS. The summed E-state index contributed by atoms with van der Waals surface area (Å²) in [6.45, 7) is 0. The number of carbonyl (C=O) groups is 1. The lowest BCUT2D eigenvalue weighted by molar-refractivity contribution is -0.127. The molecule has 2 aliphatic heterocycles. The molecule has 3 aliphatic rings. The van der Waals surface area contributed by atoms with Crippen LogP contribution in [0.5, 0.6) is 0 Å². The molecule has 148 valence electrons. The van der Waals surface area contributed by atoms with Crippen LogP contribution in [0.3, 0.4) is 0 Å². The van der Waals surface area contributed by atoms with E-state index in [-0.39, 0.29) is 35.5 Å². The van der Waals surface area contributed by atoms with Crippen molar-refractivity contribution in [3.05, 3.63) is 76.9 Å². The van der Waals surface area contributed by atoms with E-state index in [1.54, 1.807) is 24.3 Å². The van der Waals surface area contributed by atoms with Gasteiger partial charge in [-0.15, -0.1) is 0 Å². The van der Waals surface area contributed by atoms with Gasteiger partial charge in [0, 0.05) is 5.92 Å². The normalized spacial score (nSPS) is 27.6. The van der Waals surface area contributed by atoms with Crippen molar-refractivity contribution < 1.29 is 13.6 Å². The predicted octanol–water partition coefficient (Wildman–Crippen LogP) is 5.20. The molecule has 0 N–H and O–H groups in total. The van der Waals surface area contributed by atoms with E-state index in [0.717, 1.165) is 35.6 Å². The molecule has 29 heavy (non-hydrogen) atoms. The third-order valence-electron chi connectivity index (χ3n) is 5.95. The zero-order chi connectivity index (χ0) is 20.0. The lowest BCUT2D eigenvalue weighted by atomic mass is 9.73. The van der Waals surface area contributed by atoms with Crippen molar-refractivity contribution >= 4 is 28.9 Å². The van der Waals surface area contributed by atoms with Gasteiger partial charge in [0.2, 0.25) is 5.91 Å². The van der Waals surface area contributed by atoms with Crippen LogP contribution in [0.25, 0.3) is 6.08 Å². The van der Waals surface area contributed by atoms with E-state index in [1.807, 2.05) is 4.90 Å². The molecule has 6 heteroatoms. The highest BCUT2D eigenvalue weighted by Gasteiger charge is 2.47. The first-order chi connectivity index (χ1) is 14.1. The van der Waals surface area contributed by atoms with E-state index in [9.17, 15) is 13.6 Å². The van der Waals surface area contributed by atoms with Crippen molar-refractivity contribution in [1.29, 1.82) is 0 Å². The van der Waals surface area contributed by atoms with Crippen LogP contribution in [0.4, 0.5) is 8.78 Å². The Balaban J connectivity index is 1.57. The summed E-state index contributed by atoms with van der Waals surface area (Å²) in [7, 11) is 0. The lowest BCUT2D eigenvalue weighted by Crippen LogP contribution is -2.47. The Kier molecular flexibility index (Phi) is 4.74. The fourth-order valence-electron chi connectivity index (χ4n) is 4.67. The highest BCUT2D eigenvalue weighted by atomic mass is 32.2. The highest BCUT2D eigenvalue weighted by molar-refractivity contribution is 8.15. The molecule has 3 nitrogen and oxygen atoms in total. The molecule has 2 aromatic rings. The summed E-state index contributed by atoms with van der Waals surface area (Å²) in [6, 6.07) is 12.8. The summed E-state index contributed by atoms with van der Waals surface area (Å²) in [4.78, 5) is 19.4. The molecular weight excluding hydrogens is 390 g/mol. The van der Waals surface area contributed by atoms with E-state index in [4.69, 9.17) is 4.99 Å². The molecule has 1 amide bonds. The molecule has 0 spiro atoms. The van der Waals surface area contributed by atoms with Crippen molar-refractivity contribution in [3.63, 3.8) is 0 Å². The monoisotopic (exact) mass is 410 g/mol. The zero-order valence-corrected chi connectivity index (χ0v) is 16.5. The van der Waals surface area contributed by atoms with Gasteiger partial charge >= 0.3 is 0 Å². The zero-order valence-electron chi connectivity index (χ0n) is 15.7. The van der Waals surface area contributed by atoms with Crippen molar-refractivity contribution in [2.24, 2.45) is 10.9 Å². The average Bonchev–Trinajstić information content (AvgIpc) is 3.10. The first-order valence-corrected chi connectivity index (χ1v) is 10.8. The smallest absolute Gasteiger partial charge is 0.239 e. The number of hydrogen-bond donors (Lipinski definition) is 0. The Morgan fingerprint density at radius 3 is 2.45 bits per heavy atom. The van der Waals surface area contributed by atoms with Crippen LogP contribution in [-0.4, -0.2) is 27.8 Å². The van der Waals surface area contributed by atoms with Gasteiger partial charge in [-0.3, -0.25) is 14.7 Å². The number of hydrogen-bond acceptors (Lipinski definition) is 3. The molecule has 0 radical (unpaired) electrons. The van der Waals surface area contributed by atoms with Crippen LogP contribution in [-0.2, 0) is 4.79 Å². The van der Waals surface area contributed by atoms with Crippen molar-refractivity contribution in [1.82, 2.24) is 4.90 Å². The molecule has 5 rings (SSSR count). The van der Waals surface area contributed by atoms with Crippen LogP contribution >= 0.6 is 11.8 Å². The first-order valence-electron chi connectivity index (χ1n) is 9.84. The summed E-state index contributed by atoms with van der Waals surface area (Å²) in [5.74, 6) is 0.0769. The van der Waals surface area contributed by atoms with Crippen LogP contribution in [0.2, 0.25) is 0 Å². The summed E-state index contributed by atoms with van der Waals surface area (Å²) < 4.78 is 26.8. The minimum Gasteiger partial charge on any atom is -0.283 e. The Morgan fingerprint density at radius 1 is 1.03 bits per heavy atom. The molecule has 1 aliphatic carbocycles. The first kappa shape index (κ1) is 18.6. The van der Waals surface area contributed by atoms with Gasteiger partial charge in [-0.1, -0.05) is 42.1 Å². The molecule has 1 saturated carbocycles. The number of fused-ring (bicyclic) bond motifs is 2. The molecule has 2 fully saturated rings. The maximum absolute atomic E-state index is 13.5. The molecule has 1 saturated heterocycles. The second-order valence-electron chi connectivity index (χ2n) is 7.73. The summed E-state index contributed by atoms with van der Waals surface area (Å²) in [5.41, 5.74) is 3.12. The van der Waals surface area contributed by atoms with E-state index < -0.39 is 0 Å².